The lowest BCUT2D eigenvalue weighted by molar-refractivity contribution is -0.120. The highest BCUT2D eigenvalue weighted by molar-refractivity contribution is 7.10. The summed E-state index contributed by atoms with van der Waals surface area (Å²) >= 11 is 1.49. The fraction of sp³-hybridized carbons (Fsp3) is 0.267. The standard InChI is InChI=1S/C15H17NO2S/c1-11-5-2-3-6-12(11)9-15(18)16-10-13(17)14-7-4-8-19-14/h2-8,13,17H,9-10H2,1H3,(H,16,18). The molecule has 2 rings (SSSR count). The van der Waals surface area contributed by atoms with Crippen LogP contribution in [0.3, 0.4) is 0 Å². The number of rotatable bonds is 5. The molecule has 4 heteroatoms. The molecule has 1 aromatic carbocycles. The lowest BCUT2D eigenvalue weighted by Crippen LogP contribution is -2.29. The van der Waals surface area contributed by atoms with Gasteiger partial charge in [-0.15, -0.1) is 11.3 Å². The van der Waals surface area contributed by atoms with Crippen LogP contribution in [0.2, 0.25) is 0 Å². The Hall–Kier alpha value is -1.65. The van der Waals surface area contributed by atoms with Crippen LogP contribution < -0.4 is 5.32 Å². The molecule has 3 nitrogen and oxygen atoms in total. The summed E-state index contributed by atoms with van der Waals surface area (Å²) in [7, 11) is 0. The molecule has 2 aromatic rings. The summed E-state index contributed by atoms with van der Waals surface area (Å²) in [5.74, 6) is -0.0649. The molecule has 0 aliphatic carbocycles. The largest absolute Gasteiger partial charge is 0.386 e. The lowest BCUT2D eigenvalue weighted by Gasteiger charge is -2.11. The number of aryl methyl sites for hydroxylation is 1. The topological polar surface area (TPSA) is 49.3 Å². The molecule has 0 radical (unpaired) electrons. The van der Waals surface area contributed by atoms with Gasteiger partial charge in [-0.25, -0.2) is 0 Å². The van der Waals surface area contributed by atoms with Crippen molar-refractivity contribution in [1.29, 1.82) is 0 Å². The highest BCUT2D eigenvalue weighted by Gasteiger charge is 2.11. The molecule has 0 fully saturated rings. The van der Waals surface area contributed by atoms with Crippen molar-refractivity contribution >= 4 is 17.2 Å². The summed E-state index contributed by atoms with van der Waals surface area (Å²) in [6, 6.07) is 11.6. The number of benzene rings is 1. The zero-order valence-electron chi connectivity index (χ0n) is 10.8. The third-order valence-corrected chi connectivity index (χ3v) is 3.95. The first kappa shape index (κ1) is 13.8. The van der Waals surface area contributed by atoms with Gasteiger partial charge < -0.3 is 10.4 Å². The minimum atomic E-state index is -0.624. The first-order chi connectivity index (χ1) is 9.16. The molecule has 1 aromatic heterocycles. The van der Waals surface area contributed by atoms with Crippen molar-refractivity contribution in [1.82, 2.24) is 5.32 Å². The molecule has 1 heterocycles. The van der Waals surface area contributed by atoms with Gasteiger partial charge >= 0.3 is 0 Å². The van der Waals surface area contributed by atoms with Crippen LogP contribution in [-0.4, -0.2) is 17.6 Å². The van der Waals surface area contributed by atoms with E-state index in [0.29, 0.717) is 6.42 Å². The Labute approximate surface area is 116 Å². The Balaban J connectivity index is 1.84. The van der Waals surface area contributed by atoms with Crippen LogP contribution in [0.1, 0.15) is 22.1 Å². The van der Waals surface area contributed by atoms with E-state index in [-0.39, 0.29) is 12.5 Å². The van der Waals surface area contributed by atoms with Crippen LogP contribution in [0, 0.1) is 6.92 Å². The molecule has 0 aliphatic rings. The van der Waals surface area contributed by atoms with Crippen molar-refractivity contribution in [2.24, 2.45) is 0 Å². The smallest absolute Gasteiger partial charge is 0.224 e. The van der Waals surface area contributed by atoms with Crippen molar-refractivity contribution in [2.45, 2.75) is 19.4 Å². The van der Waals surface area contributed by atoms with Gasteiger partial charge in [-0.1, -0.05) is 30.3 Å². The molecule has 0 saturated heterocycles. The Bertz CT molecular complexity index is 537. The van der Waals surface area contributed by atoms with Crippen LogP contribution >= 0.6 is 11.3 Å². The zero-order valence-corrected chi connectivity index (χ0v) is 11.6. The first-order valence-electron chi connectivity index (χ1n) is 6.19. The van der Waals surface area contributed by atoms with Gasteiger partial charge in [-0.3, -0.25) is 4.79 Å². The molecular weight excluding hydrogens is 258 g/mol. The molecular formula is C15H17NO2S. The maximum Gasteiger partial charge on any atom is 0.224 e. The summed E-state index contributed by atoms with van der Waals surface area (Å²) in [6.07, 6.45) is -0.273. The Morgan fingerprint density at radius 3 is 2.79 bits per heavy atom. The number of aliphatic hydroxyl groups is 1. The number of thiophene rings is 1. The van der Waals surface area contributed by atoms with Crippen molar-refractivity contribution in [3.63, 3.8) is 0 Å². The van der Waals surface area contributed by atoms with Gasteiger partial charge in [0.15, 0.2) is 0 Å². The second-order valence-electron chi connectivity index (χ2n) is 4.44. The highest BCUT2D eigenvalue weighted by atomic mass is 32.1. The summed E-state index contributed by atoms with van der Waals surface area (Å²) < 4.78 is 0. The summed E-state index contributed by atoms with van der Waals surface area (Å²) in [5.41, 5.74) is 2.13. The van der Waals surface area contributed by atoms with E-state index in [2.05, 4.69) is 5.32 Å². The minimum absolute atomic E-state index is 0.0649. The predicted molar refractivity (Wildman–Crippen MR) is 77.2 cm³/mol. The van der Waals surface area contributed by atoms with E-state index in [9.17, 15) is 9.90 Å². The van der Waals surface area contributed by atoms with E-state index in [4.69, 9.17) is 0 Å². The first-order valence-corrected chi connectivity index (χ1v) is 7.07. The highest BCUT2D eigenvalue weighted by Crippen LogP contribution is 2.17. The van der Waals surface area contributed by atoms with E-state index >= 15 is 0 Å². The van der Waals surface area contributed by atoms with E-state index in [1.807, 2.05) is 48.7 Å². The molecule has 1 atom stereocenters. The Kier molecular flexibility index (Phi) is 4.71. The maximum atomic E-state index is 11.8. The van der Waals surface area contributed by atoms with Crippen LogP contribution in [0.15, 0.2) is 41.8 Å². The third-order valence-electron chi connectivity index (χ3n) is 2.98. The van der Waals surface area contributed by atoms with Crippen molar-refractivity contribution in [3.05, 3.63) is 57.8 Å². The fourth-order valence-corrected chi connectivity index (χ4v) is 2.55. The summed E-state index contributed by atoms with van der Waals surface area (Å²) in [5, 5.41) is 14.5. The van der Waals surface area contributed by atoms with E-state index in [1.165, 1.54) is 11.3 Å². The molecule has 2 N–H and O–H groups in total. The average Bonchev–Trinajstić information content (AvgIpc) is 2.93. The van der Waals surface area contributed by atoms with Gasteiger partial charge in [-0.05, 0) is 29.5 Å². The zero-order chi connectivity index (χ0) is 13.7. The van der Waals surface area contributed by atoms with E-state index < -0.39 is 6.10 Å². The molecule has 1 amide bonds. The number of nitrogens with one attached hydrogen (secondary N) is 1. The van der Waals surface area contributed by atoms with Crippen molar-refractivity contribution < 1.29 is 9.90 Å². The number of carbonyl (C=O) groups is 1. The second kappa shape index (κ2) is 6.50. The van der Waals surface area contributed by atoms with Gasteiger partial charge in [0.25, 0.3) is 0 Å². The van der Waals surface area contributed by atoms with Gasteiger partial charge in [0, 0.05) is 11.4 Å². The number of aliphatic hydroxyl groups excluding tert-OH is 1. The van der Waals surface area contributed by atoms with Crippen LogP contribution in [0.4, 0.5) is 0 Å². The second-order valence-corrected chi connectivity index (χ2v) is 5.42. The Morgan fingerprint density at radius 1 is 1.32 bits per heavy atom. The normalized spacial score (nSPS) is 12.1. The van der Waals surface area contributed by atoms with Gasteiger partial charge in [-0.2, -0.15) is 0 Å². The van der Waals surface area contributed by atoms with Crippen LogP contribution in [0.25, 0.3) is 0 Å². The fourth-order valence-electron chi connectivity index (χ4n) is 1.84. The quantitative estimate of drug-likeness (QED) is 0.880. The van der Waals surface area contributed by atoms with Crippen LogP contribution in [0.5, 0.6) is 0 Å². The number of amides is 1. The monoisotopic (exact) mass is 275 g/mol. The summed E-state index contributed by atoms with van der Waals surface area (Å²) in [6.45, 7) is 2.24. The number of hydrogen-bond acceptors (Lipinski definition) is 3. The maximum absolute atomic E-state index is 11.8. The van der Waals surface area contributed by atoms with Gasteiger partial charge in [0.2, 0.25) is 5.91 Å². The molecule has 100 valence electrons. The molecule has 0 saturated carbocycles. The van der Waals surface area contributed by atoms with E-state index in [1.54, 1.807) is 0 Å². The summed E-state index contributed by atoms with van der Waals surface area (Å²) in [4.78, 5) is 12.7. The SMILES string of the molecule is Cc1ccccc1CC(=O)NCC(O)c1cccs1. The Morgan fingerprint density at radius 2 is 2.11 bits per heavy atom. The van der Waals surface area contributed by atoms with Gasteiger partial charge in [0.1, 0.15) is 6.10 Å². The van der Waals surface area contributed by atoms with Crippen LogP contribution in [-0.2, 0) is 11.2 Å². The van der Waals surface area contributed by atoms with Crippen molar-refractivity contribution in [2.75, 3.05) is 6.54 Å². The molecule has 1 unspecified atom stereocenters. The third kappa shape index (κ3) is 3.91. The van der Waals surface area contributed by atoms with E-state index in [0.717, 1.165) is 16.0 Å². The lowest BCUT2D eigenvalue weighted by atomic mass is 10.1. The molecule has 0 spiro atoms. The molecule has 19 heavy (non-hydrogen) atoms. The predicted octanol–water partition coefficient (Wildman–Crippen LogP) is 2.45. The number of carbonyl (C=O) groups excluding carboxylic acids is 1. The van der Waals surface area contributed by atoms with Crippen molar-refractivity contribution in [3.8, 4) is 0 Å². The average molecular weight is 275 g/mol. The number of hydrogen-bond donors (Lipinski definition) is 2. The van der Waals surface area contributed by atoms with Gasteiger partial charge in [0.05, 0.1) is 6.42 Å². The molecule has 0 aliphatic heterocycles. The minimum Gasteiger partial charge on any atom is -0.386 e. The molecule has 0 bridgehead atoms.